The van der Waals surface area contributed by atoms with Crippen molar-refractivity contribution in [2.45, 2.75) is 52.0 Å². The number of aromatic nitrogens is 2. The highest BCUT2D eigenvalue weighted by Crippen LogP contribution is 2.37. The molecule has 0 unspecified atom stereocenters. The number of thiophene rings is 1. The van der Waals surface area contributed by atoms with Crippen molar-refractivity contribution in [1.82, 2.24) is 9.97 Å². The molecule has 4 rings (SSSR count). The van der Waals surface area contributed by atoms with Gasteiger partial charge in [0.2, 0.25) is 0 Å². The lowest BCUT2D eigenvalue weighted by molar-refractivity contribution is -0.137. The van der Waals surface area contributed by atoms with E-state index in [4.69, 9.17) is 31.4 Å². The standard InChI is InChI=1S/C26H28ClN3O3S/c1-2-33-20-14-13-17(15-19(20)27)16-28-25-24-18-9-7-8-10-21(18)34-26(24)30-22(29-25)11-5-3-4-6-12-23(31)32/h7-10,13-15H,2-6,11-12,16H2,1H3,(H,31,32)(H,28,29,30). The Morgan fingerprint density at radius 1 is 1.12 bits per heavy atom. The predicted molar refractivity (Wildman–Crippen MR) is 139 cm³/mol. The molecule has 0 amide bonds. The van der Waals surface area contributed by atoms with Crippen LogP contribution in [0, 0.1) is 0 Å². The van der Waals surface area contributed by atoms with Crippen molar-refractivity contribution in [2.24, 2.45) is 0 Å². The number of anilines is 1. The van der Waals surface area contributed by atoms with Gasteiger partial charge in [-0.05, 0) is 43.5 Å². The third-order valence-corrected chi connectivity index (χ3v) is 6.94. The van der Waals surface area contributed by atoms with Gasteiger partial charge in [-0.25, -0.2) is 9.97 Å². The maximum atomic E-state index is 10.7. The lowest BCUT2D eigenvalue weighted by Gasteiger charge is -2.11. The molecule has 2 heterocycles. The van der Waals surface area contributed by atoms with Gasteiger partial charge >= 0.3 is 5.97 Å². The molecule has 0 bridgehead atoms. The summed E-state index contributed by atoms with van der Waals surface area (Å²) in [6.07, 6.45) is 4.51. The van der Waals surface area contributed by atoms with Gasteiger partial charge in [0.05, 0.1) is 17.0 Å². The SMILES string of the molecule is CCOc1ccc(CNc2nc(CCCCCCC(=O)O)nc3sc4ccccc4c23)cc1Cl. The zero-order chi connectivity index (χ0) is 23.9. The van der Waals surface area contributed by atoms with Crippen LogP contribution in [0.4, 0.5) is 5.82 Å². The molecule has 2 aromatic carbocycles. The van der Waals surface area contributed by atoms with Crippen LogP contribution in [0.25, 0.3) is 20.3 Å². The fraction of sp³-hybridized carbons (Fsp3) is 0.346. The number of aliphatic carboxylic acids is 1. The molecule has 8 heteroatoms. The summed E-state index contributed by atoms with van der Waals surface area (Å²) in [6.45, 7) is 3.09. The fourth-order valence-electron chi connectivity index (χ4n) is 3.93. The topological polar surface area (TPSA) is 84.3 Å². The number of hydrogen-bond donors (Lipinski definition) is 2. The van der Waals surface area contributed by atoms with Gasteiger partial charge in [0.15, 0.2) is 0 Å². The molecule has 0 atom stereocenters. The van der Waals surface area contributed by atoms with Gasteiger partial charge in [0, 0.05) is 29.5 Å². The molecule has 0 aliphatic rings. The Hall–Kier alpha value is -2.90. The number of halogens is 1. The van der Waals surface area contributed by atoms with Crippen molar-refractivity contribution in [2.75, 3.05) is 11.9 Å². The lowest BCUT2D eigenvalue weighted by Crippen LogP contribution is -2.05. The molecule has 0 aliphatic heterocycles. The van der Waals surface area contributed by atoms with Crippen LogP contribution in [0.15, 0.2) is 42.5 Å². The van der Waals surface area contributed by atoms with E-state index in [2.05, 4.69) is 17.4 Å². The monoisotopic (exact) mass is 497 g/mol. The number of hydrogen-bond acceptors (Lipinski definition) is 6. The second-order valence-corrected chi connectivity index (χ2v) is 9.56. The average Bonchev–Trinajstić information content (AvgIpc) is 3.20. The number of carboxylic acids is 1. The van der Waals surface area contributed by atoms with E-state index < -0.39 is 5.97 Å². The third-order valence-electron chi connectivity index (χ3n) is 5.58. The minimum atomic E-state index is -0.733. The maximum absolute atomic E-state index is 10.7. The first-order valence-corrected chi connectivity index (χ1v) is 12.8. The van der Waals surface area contributed by atoms with Crippen LogP contribution in [0.1, 0.15) is 50.4 Å². The normalized spacial score (nSPS) is 11.2. The summed E-state index contributed by atoms with van der Waals surface area (Å²) in [6, 6.07) is 14.1. The number of nitrogens with one attached hydrogen (secondary N) is 1. The maximum Gasteiger partial charge on any atom is 0.303 e. The van der Waals surface area contributed by atoms with E-state index >= 15 is 0 Å². The highest BCUT2D eigenvalue weighted by atomic mass is 35.5. The molecule has 0 fully saturated rings. The average molecular weight is 498 g/mol. The molecule has 6 nitrogen and oxygen atoms in total. The van der Waals surface area contributed by atoms with Gasteiger partial charge in [0.1, 0.15) is 22.2 Å². The van der Waals surface area contributed by atoms with Crippen LogP contribution in [0.3, 0.4) is 0 Å². The zero-order valence-corrected chi connectivity index (χ0v) is 20.7. The molecule has 2 N–H and O–H groups in total. The van der Waals surface area contributed by atoms with Crippen LogP contribution < -0.4 is 10.1 Å². The summed E-state index contributed by atoms with van der Waals surface area (Å²) in [4.78, 5) is 21.4. The highest BCUT2D eigenvalue weighted by Gasteiger charge is 2.14. The number of rotatable bonds is 12. The number of aryl methyl sites for hydroxylation is 1. The lowest BCUT2D eigenvalue weighted by atomic mass is 10.1. The number of fused-ring (bicyclic) bond motifs is 3. The summed E-state index contributed by atoms with van der Waals surface area (Å²) in [5.41, 5.74) is 1.04. The fourth-order valence-corrected chi connectivity index (χ4v) is 5.28. The summed E-state index contributed by atoms with van der Waals surface area (Å²) >= 11 is 8.05. The number of benzene rings is 2. The summed E-state index contributed by atoms with van der Waals surface area (Å²) in [5, 5.41) is 15.1. The molecular weight excluding hydrogens is 470 g/mol. The first-order chi connectivity index (χ1) is 16.5. The molecule has 0 spiro atoms. The van der Waals surface area contributed by atoms with Gasteiger partial charge in [-0.2, -0.15) is 0 Å². The number of carboxylic acid groups (broad SMARTS) is 1. The second-order valence-electron chi connectivity index (χ2n) is 8.13. The zero-order valence-electron chi connectivity index (χ0n) is 19.1. The molecule has 0 aliphatic carbocycles. The summed E-state index contributed by atoms with van der Waals surface area (Å²) in [5.74, 6) is 1.59. The molecule has 34 heavy (non-hydrogen) atoms. The Bertz CT molecular complexity index is 1290. The van der Waals surface area contributed by atoms with Crippen molar-refractivity contribution in [3.8, 4) is 5.75 Å². The first kappa shape index (κ1) is 24.2. The van der Waals surface area contributed by atoms with Crippen LogP contribution in [0.5, 0.6) is 5.75 Å². The van der Waals surface area contributed by atoms with Gasteiger partial charge in [0.25, 0.3) is 0 Å². The van der Waals surface area contributed by atoms with Crippen molar-refractivity contribution in [3.63, 3.8) is 0 Å². The molecule has 4 aromatic rings. The number of nitrogens with zero attached hydrogens (tertiary/aromatic N) is 2. The van der Waals surface area contributed by atoms with Gasteiger partial charge in [-0.15, -0.1) is 11.3 Å². The van der Waals surface area contributed by atoms with Crippen LogP contribution >= 0.6 is 22.9 Å². The van der Waals surface area contributed by atoms with E-state index in [0.29, 0.717) is 30.3 Å². The van der Waals surface area contributed by atoms with Crippen LogP contribution in [-0.2, 0) is 17.8 Å². The van der Waals surface area contributed by atoms with Crippen molar-refractivity contribution < 1.29 is 14.6 Å². The molecule has 0 saturated carbocycles. The van der Waals surface area contributed by atoms with E-state index in [-0.39, 0.29) is 6.42 Å². The van der Waals surface area contributed by atoms with Crippen molar-refractivity contribution in [3.05, 3.63) is 58.9 Å². The minimum absolute atomic E-state index is 0.230. The Labute approximate surface area is 208 Å². The van der Waals surface area contributed by atoms with Crippen LogP contribution in [-0.4, -0.2) is 27.7 Å². The second kappa shape index (κ2) is 11.5. The predicted octanol–water partition coefficient (Wildman–Crippen LogP) is 7.09. The van der Waals surface area contributed by atoms with Crippen molar-refractivity contribution >= 4 is 55.0 Å². The summed E-state index contributed by atoms with van der Waals surface area (Å²) < 4.78 is 6.72. The molecule has 0 saturated heterocycles. The van der Waals surface area contributed by atoms with E-state index in [1.54, 1.807) is 11.3 Å². The third kappa shape index (κ3) is 5.96. The van der Waals surface area contributed by atoms with Gasteiger partial charge < -0.3 is 15.2 Å². The Kier molecular flexibility index (Phi) is 8.19. The van der Waals surface area contributed by atoms with E-state index in [1.165, 1.54) is 4.70 Å². The molecule has 0 radical (unpaired) electrons. The molecular formula is C26H28ClN3O3S. The largest absolute Gasteiger partial charge is 0.492 e. The smallest absolute Gasteiger partial charge is 0.303 e. The number of unbranched alkanes of at least 4 members (excludes halogenated alkanes) is 3. The quantitative estimate of drug-likeness (QED) is 0.203. The first-order valence-electron chi connectivity index (χ1n) is 11.6. The van der Waals surface area contributed by atoms with Crippen LogP contribution in [0.2, 0.25) is 5.02 Å². The Morgan fingerprint density at radius 2 is 1.94 bits per heavy atom. The minimum Gasteiger partial charge on any atom is -0.492 e. The summed E-state index contributed by atoms with van der Waals surface area (Å²) in [7, 11) is 0. The number of carbonyl (C=O) groups is 1. The van der Waals surface area contributed by atoms with E-state index in [1.807, 2.05) is 37.3 Å². The van der Waals surface area contributed by atoms with E-state index in [0.717, 1.165) is 58.5 Å². The molecule has 178 valence electrons. The highest BCUT2D eigenvalue weighted by molar-refractivity contribution is 7.25. The Morgan fingerprint density at radius 3 is 2.74 bits per heavy atom. The van der Waals surface area contributed by atoms with Gasteiger partial charge in [-0.1, -0.05) is 48.7 Å². The van der Waals surface area contributed by atoms with E-state index in [9.17, 15) is 4.79 Å². The Balaban J connectivity index is 1.53. The number of ether oxygens (including phenoxy) is 1. The van der Waals surface area contributed by atoms with Gasteiger partial charge in [-0.3, -0.25) is 4.79 Å². The molecule has 2 aromatic heterocycles. The van der Waals surface area contributed by atoms with Crippen molar-refractivity contribution in [1.29, 1.82) is 0 Å².